The Bertz CT molecular complexity index is 618. The predicted molar refractivity (Wildman–Crippen MR) is 81.6 cm³/mol. The fourth-order valence-electron chi connectivity index (χ4n) is 2.91. The van der Waals surface area contributed by atoms with Gasteiger partial charge in [0.1, 0.15) is 0 Å². The lowest BCUT2D eigenvalue weighted by molar-refractivity contribution is 0.112. The number of nitrogens with two attached hydrogens (primary N) is 1. The highest BCUT2D eigenvalue weighted by Crippen LogP contribution is 2.36. The number of aliphatic hydroxyl groups is 1. The van der Waals surface area contributed by atoms with Crippen molar-refractivity contribution in [2.24, 2.45) is 10.7 Å². The molecule has 0 saturated carbocycles. The monoisotopic (exact) mass is 268 g/mol. The summed E-state index contributed by atoms with van der Waals surface area (Å²) >= 11 is 0. The van der Waals surface area contributed by atoms with Crippen LogP contribution in [0.4, 0.5) is 0 Å². The molecule has 0 saturated heterocycles. The van der Waals surface area contributed by atoms with Crippen molar-refractivity contribution in [1.82, 2.24) is 0 Å². The summed E-state index contributed by atoms with van der Waals surface area (Å²) in [5.74, 6) is 0. The normalized spacial score (nSPS) is 22.5. The third kappa shape index (κ3) is 2.35. The van der Waals surface area contributed by atoms with Gasteiger partial charge in [-0.1, -0.05) is 36.4 Å². The van der Waals surface area contributed by atoms with E-state index in [1.165, 1.54) is 5.57 Å². The van der Waals surface area contributed by atoms with E-state index in [0.717, 1.165) is 29.0 Å². The van der Waals surface area contributed by atoms with Crippen LogP contribution in [-0.2, 0) is 0 Å². The van der Waals surface area contributed by atoms with Crippen molar-refractivity contribution in [1.29, 1.82) is 0 Å². The smallest absolute Gasteiger partial charge is 0.0818 e. The zero-order chi connectivity index (χ0) is 14.3. The fraction of sp³-hybridized carbons (Fsp3) is 0.353. The summed E-state index contributed by atoms with van der Waals surface area (Å²) < 4.78 is 0. The van der Waals surface area contributed by atoms with E-state index in [1.54, 1.807) is 13.8 Å². The van der Waals surface area contributed by atoms with Gasteiger partial charge in [-0.05, 0) is 30.6 Å². The molecule has 2 aliphatic rings. The Morgan fingerprint density at radius 1 is 1.25 bits per heavy atom. The Hall–Kier alpha value is -1.71. The third-order valence-corrected chi connectivity index (χ3v) is 3.95. The van der Waals surface area contributed by atoms with Crippen LogP contribution in [0, 0.1) is 0 Å². The van der Waals surface area contributed by atoms with Crippen molar-refractivity contribution in [3.05, 3.63) is 58.8 Å². The van der Waals surface area contributed by atoms with Crippen LogP contribution < -0.4 is 5.73 Å². The first-order valence-corrected chi connectivity index (χ1v) is 7.00. The molecule has 0 fully saturated rings. The number of benzene rings is 1. The quantitative estimate of drug-likeness (QED) is 0.866. The zero-order valence-corrected chi connectivity index (χ0v) is 11.9. The van der Waals surface area contributed by atoms with E-state index in [2.05, 4.69) is 12.1 Å². The lowest BCUT2D eigenvalue weighted by Crippen LogP contribution is -2.37. The minimum absolute atomic E-state index is 0.146. The lowest BCUT2D eigenvalue weighted by atomic mass is 9.83. The first kappa shape index (κ1) is 13.3. The highest BCUT2D eigenvalue weighted by Gasteiger charge is 2.32. The average molecular weight is 268 g/mol. The number of rotatable bonds is 2. The largest absolute Gasteiger partial charge is 0.386 e. The SMILES string of the molecule is CC(C)(O)C1=CC2=C(CC1N)N=C(c1ccccc1)C2. The second-order valence-electron chi connectivity index (χ2n) is 6.04. The van der Waals surface area contributed by atoms with Crippen LogP contribution >= 0.6 is 0 Å². The van der Waals surface area contributed by atoms with Crippen molar-refractivity contribution in [3.8, 4) is 0 Å². The molecule has 20 heavy (non-hydrogen) atoms. The number of hydrogen-bond acceptors (Lipinski definition) is 3. The van der Waals surface area contributed by atoms with Crippen LogP contribution in [-0.4, -0.2) is 22.5 Å². The Balaban J connectivity index is 1.90. The van der Waals surface area contributed by atoms with Gasteiger partial charge < -0.3 is 10.8 Å². The van der Waals surface area contributed by atoms with Crippen molar-refractivity contribution in [3.63, 3.8) is 0 Å². The Kier molecular flexibility index (Phi) is 3.11. The van der Waals surface area contributed by atoms with Gasteiger partial charge in [-0.25, -0.2) is 0 Å². The van der Waals surface area contributed by atoms with Crippen LogP contribution in [0.3, 0.4) is 0 Å². The maximum Gasteiger partial charge on any atom is 0.0818 e. The van der Waals surface area contributed by atoms with Crippen LogP contribution in [0.1, 0.15) is 32.3 Å². The molecule has 3 rings (SSSR count). The third-order valence-electron chi connectivity index (χ3n) is 3.95. The molecule has 0 spiro atoms. The molecule has 0 bridgehead atoms. The number of hydrogen-bond donors (Lipinski definition) is 2. The number of aliphatic imine (C=N–C) groups is 1. The average Bonchev–Trinajstić information content (AvgIpc) is 2.80. The summed E-state index contributed by atoms with van der Waals surface area (Å²) in [7, 11) is 0. The van der Waals surface area contributed by atoms with Crippen molar-refractivity contribution in [2.75, 3.05) is 0 Å². The van der Waals surface area contributed by atoms with Gasteiger partial charge in [0.2, 0.25) is 0 Å². The van der Waals surface area contributed by atoms with Crippen molar-refractivity contribution in [2.45, 2.75) is 38.3 Å². The van der Waals surface area contributed by atoms with E-state index in [4.69, 9.17) is 10.7 Å². The minimum atomic E-state index is -0.868. The van der Waals surface area contributed by atoms with Crippen LogP contribution in [0.2, 0.25) is 0 Å². The molecule has 1 atom stereocenters. The molecule has 1 aromatic rings. The molecule has 0 radical (unpaired) electrons. The van der Waals surface area contributed by atoms with Crippen molar-refractivity contribution >= 4 is 5.71 Å². The molecule has 3 nitrogen and oxygen atoms in total. The number of nitrogens with zero attached hydrogens (tertiary/aromatic N) is 1. The predicted octanol–water partition coefficient (Wildman–Crippen LogP) is 2.56. The Morgan fingerprint density at radius 2 is 1.95 bits per heavy atom. The molecular weight excluding hydrogens is 248 g/mol. The highest BCUT2D eigenvalue weighted by atomic mass is 16.3. The lowest BCUT2D eigenvalue weighted by Gasteiger charge is -2.30. The van der Waals surface area contributed by atoms with Gasteiger partial charge in [-0.15, -0.1) is 0 Å². The van der Waals surface area contributed by atoms with E-state index in [0.29, 0.717) is 6.42 Å². The summed E-state index contributed by atoms with van der Waals surface area (Å²) in [5, 5.41) is 10.2. The molecule has 1 aromatic carbocycles. The van der Waals surface area contributed by atoms with Gasteiger partial charge in [0.05, 0.1) is 11.3 Å². The molecule has 1 unspecified atom stereocenters. The molecule has 3 heteroatoms. The second kappa shape index (κ2) is 4.69. The van der Waals surface area contributed by atoms with Gasteiger partial charge in [0, 0.05) is 24.6 Å². The minimum Gasteiger partial charge on any atom is -0.386 e. The van der Waals surface area contributed by atoms with Crippen LogP contribution in [0.25, 0.3) is 0 Å². The first-order valence-electron chi connectivity index (χ1n) is 7.00. The topological polar surface area (TPSA) is 58.6 Å². The summed E-state index contributed by atoms with van der Waals surface area (Å²) in [4.78, 5) is 4.74. The number of allylic oxidation sites excluding steroid dienone is 2. The Morgan fingerprint density at radius 3 is 2.60 bits per heavy atom. The van der Waals surface area contributed by atoms with Gasteiger partial charge >= 0.3 is 0 Å². The molecule has 3 N–H and O–H groups in total. The maximum absolute atomic E-state index is 10.2. The summed E-state index contributed by atoms with van der Waals surface area (Å²) in [6, 6.07) is 10.1. The molecular formula is C17H20N2O. The second-order valence-corrected chi connectivity index (χ2v) is 6.04. The fourth-order valence-corrected chi connectivity index (χ4v) is 2.91. The van der Waals surface area contributed by atoms with E-state index in [9.17, 15) is 5.11 Å². The molecule has 1 aliphatic carbocycles. The van der Waals surface area contributed by atoms with E-state index < -0.39 is 5.60 Å². The van der Waals surface area contributed by atoms with Crippen molar-refractivity contribution < 1.29 is 5.11 Å². The zero-order valence-electron chi connectivity index (χ0n) is 11.9. The highest BCUT2D eigenvalue weighted by molar-refractivity contribution is 6.04. The van der Waals surface area contributed by atoms with E-state index >= 15 is 0 Å². The summed E-state index contributed by atoms with van der Waals surface area (Å²) in [5.41, 5.74) is 10.7. The Labute approximate surface area is 119 Å². The van der Waals surface area contributed by atoms with Gasteiger partial charge in [0.25, 0.3) is 0 Å². The van der Waals surface area contributed by atoms with E-state index in [1.807, 2.05) is 24.3 Å². The van der Waals surface area contributed by atoms with Gasteiger partial charge in [-0.2, -0.15) is 0 Å². The molecule has 1 aliphatic heterocycles. The summed E-state index contributed by atoms with van der Waals surface area (Å²) in [6.07, 6.45) is 3.58. The standard InChI is InChI=1S/C17H20N2O/c1-17(2,20)13-8-12-9-15(11-6-4-3-5-7-11)19-16(12)10-14(13)18/h3-8,14,20H,9-10,18H2,1-2H3. The van der Waals surface area contributed by atoms with Gasteiger partial charge in [0.15, 0.2) is 0 Å². The molecule has 104 valence electrons. The van der Waals surface area contributed by atoms with E-state index in [-0.39, 0.29) is 6.04 Å². The molecule has 1 heterocycles. The van der Waals surface area contributed by atoms with Crippen LogP contribution in [0.15, 0.2) is 58.2 Å². The molecule has 0 amide bonds. The van der Waals surface area contributed by atoms with Crippen LogP contribution in [0.5, 0.6) is 0 Å². The van der Waals surface area contributed by atoms with Gasteiger partial charge in [-0.3, -0.25) is 4.99 Å². The first-order chi connectivity index (χ1) is 9.45. The summed E-state index contributed by atoms with van der Waals surface area (Å²) in [6.45, 7) is 3.58. The maximum atomic E-state index is 10.2. The molecule has 0 aromatic heterocycles.